The molecule has 2 aromatic heterocycles. The van der Waals surface area contributed by atoms with Crippen LogP contribution in [0.5, 0.6) is 0 Å². The van der Waals surface area contributed by atoms with Crippen molar-refractivity contribution in [1.29, 1.82) is 0 Å². The number of fused-ring (bicyclic) bond motifs is 1. The van der Waals surface area contributed by atoms with Crippen LogP contribution in [0.25, 0.3) is 5.65 Å². The lowest BCUT2D eigenvalue weighted by Gasteiger charge is -2.27. The van der Waals surface area contributed by atoms with Crippen LogP contribution in [0.2, 0.25) is 0 Å². The highest BCUT2D eigenvalue weighted by Crippen LogP contribution is 2.28. The number of hydrogen-bond acceptors (Lipinski definition) is 6. The third-order valence-electron chi connectivity index (χ3n) is 5.11. The summed E-state index contributed by atoms with van der Waals surface area (Å²) in [5.74, 6) is 1.29. The van der Waals surface area contributed by atoms with E-state index in [0.29, 0.717) is 23.5 Å². The SMILES string of the molecule is CC(C)[C@@H]1CN(Cc2cnc3c(S(C)(=O)=O)cnn3c2)C[C@H]1N(C)C. The first-order valence-corrected chi connectivity index (χ1v) is 10.5. The van der Waals surface area contributed by atoms with Gasteiger partial charge in [0.1, 0.15) is 4.90 Å². The second-order valence-electron chi connectivity index (χ2n) is 7.64. The molecule has 0 saturated carbocycles. The molecule has 0 aliphatic carbocycles. The number of nitrogens with zero attached hydrogens (tertiary/aromatic N) is 5. The van der Waals surface area contributed by atoms with E-state index in [1.807, 2.05) is 6.20 Å². The van der Waals surface area contributed by atoms with Gasteiger partial charge in [0.2, 0.25) is 0 Å². The minimum absolute atomic E-state index is 0.174. The summed E-state index contributed by atoms with van der Waals surface area (Å²) in [4.78, 5) is 9.28. The number of likely N-dealkylation sites (tertiary alicyclic amines) is 1. The van der Waals surface area contributed by atoms with Crippen molar-refractivity contribution in [1.82, 2.24) is 24.4 Å². The fraction of sp³-hybridized carbons (Fsp3) is 0.647. The van der Waals surface area contributed by atoms with Crippen molar-refractivity contribution in [2.75, 3.05) is 33.4 Å². The lowest BCUT2D eigenvalue weighted by atomic mass is 9.91. The van der Waals surface area contributed by atoms with Crippen molar-refractivity contribution >= 4 is 15.5 Å². The summed E-state index contributed by atoms with van der Waals surface area (Å²) in [6.45, 7) is 7.46. The third kappa shape index (κ3) is 3.70. The average Bonchev–Trinajstić information content (AvgIpc) is 3.10. The molecule has 0 amide bonds. The van der Waals surface area contributed by atoms with E-state index in [1.54, 1.807) is 10.7 Å². The summed E-state index contributed by atoms with van der Waals surface area (Å²) in [5, 5.41) is 4.15. The molecule has 3 heterocycles. The Balaban J connectivity index is 1.80. The van der Waals surface area contributed by atoms with Crippen LogP contribution in [0, 0.1) is 11.8 Å². The predicted octanol–water partition coefficient (Wildman–Crippen LogP) is 1.15. The number of hydrogen-bond donors (Lipinski definition) is 0. The molecule has 8 heteroatoms. The molecule has 0 N–H and O–H groups in total. The van der Waals surface area contributed by atoms with Gasteiger partial charge in [0.05, 0.1) is 6.20 Å². The van der Waals surface area contributed by atoms with Crippen molar-refractivity contribution in [2.45, 2.75) is 31.3 Å². The summed E-state index contributed by atoms with van der Waals surface area (Å²) < 4.78 is 25.1. The molecule has 1 saturated heterocycles. The molecule has 0 aromatic carbocycles. The zero-order valence-electron chi connectivity index (χ0n) is 15.5. The molecule has 1 fully saturated rings. The van der Waals surface area contributed by atoms with Crippen LogP contribution in [-0.4, -0.2) is 72.3 Å². The summed E-state index contributed by atoms with van der Waals surface area (Å²) in [6.07, 6.45) is 6.19. The zero-order valence-corrected chi connectivity index (χ0v) is 16.4. The molecule has 25 heavy (non-hydrogen) atoms. The van der Waals surface area contributed by atoms with E-state index in [0.717, 1.165) is 25.2 Å². The van der Waals surface area contributed by atoms with Gasteiger partial charge in [-0.3, -0.25) is 4.90 Å². The van der Waals surface area contributed by atoms with Crippen molar-refractivity contribution in [2.24, 2.45) is 11.8 Å². The maximum Gasteiger partial charge on any atom is 0.180 e. The van der Waals surface area contributed by atoms with Gasteiger partial charge < -0.3 is 4.90 Å². The molecule has 0 bridgehead atoms. The Morgan fingerprint density at radius 3 is 2.56 bits per heavy atom. The fourth-order valence-corrected chi connectivity index (χ4v) is 4.43. The molecule has 138 valence electrons. The van der Waals surface area contributed by atoms with Crippen LogP contribution in [0.1, 0.15) is 19.4 Å². The van der Waals surface area contributed by atoms with Crippen molar-refractivity contribution in [3.8, 4) is 0 Å². The summed E-state index contributed by atoms with van der Waals surface area (Å²) >= 11 is 0. The Morgan fingerprint density at radius 1 is 1.28 bits per heavy atom. The van der Waals surface area contributed by atoms with Crippen LogP contribution in [0.3, 0.4) is 0 Å². The van der Waals surface area contributed by atoms with E-state index in [4.69, 9.17) is 0 Å². The van der Waals surface area contributed by atoms with Crippen LogP contribution in [0.15, 0.2) is 23.5 Å². The Morgan fingerprint density at radius 2 is 2.00 bits per heavy atom. The van der Waals surface area contributed by atoms with Crippen LogP contribution < -0.4 is 0 Å². The molecule has 3 rings (SSSR count). The van der Waals surface area contributed by atoms with Crippen molar-refractivity contribution in [3.63, 3.8) is 0 Å². The topological polar surface area (TPSA) is 70.8 Å². The highest BCUT2D eigenvalue weighted by atomic mass is 32.2. The minimum Gasteiger partial charge on any atom is -0.305 e. The molecule has 2 aromatic rings. The number of likely N-dealkylation sites (N-methyl/N-ethyl adjacent to an activating group) is 1. The maximum atomic E-state index is 11.8. The monoisotopic (exact) mass is 365 g/mol. The first-order chi connectivity index (χ1) is 11.7. The first-order valence-electron chi connectivity index (χ1n) is 8.58. The van der Waals surface area contributed by atoms with E-state index in [1.165, 1.54) is 12.5 Å². The highest BCUT2D eigenvalue weighted by Gasteiger charge is 2.35. The minimum atomic E-state index is -3.32. The maximum absolute atomic E-state index is 11.8. The van der Waals surface area contributed by atoms with Crippen molar-refractivity contribution < 1.29 is 8.42 Å². The van der Waals surface area contributed by atoms with Gasteiger partial charge >= 0.3 is 0 Å². The third-order valence-corrected chi connectivity index (χ3v) is 6.20. The Kier molecular flexibility index (Phi) is 4.87. The van der Waals surface area contributed by atoms with Gasteiger partial charge in [0.25, 0.3) is 0 Å². The molecular weight excluding hydrogens is 338 g/mol. The standard InChI is InChI=1S/C17H27N5O2S/c1-12(2)14-10-21(11-15(14)20(3)4)8-13-6-18-17-16(25(5,23)24)7-19-22(17)9-13/h6-7,9,12,14-15H,8,10-11H2,1-5H3/t14-,15+/m0/s1. The van der Waals surface area contributed by atoms with E-state index in [-0.39, 0.29) is 4.90 Å². The second-order valence-corrected chi connectivity index (χ2v) is 9.63. The van der Waals surface area contributed by atoms with Gasteiger partial charge in [-0.25, -0.2) is 17.9 Å². The van der Waals surface area contributed by atoms with Gasteiger partial charge in [0.15, 0.2) is 15.5 Å². The van der Waals surface area contributed by atoms with Gasteiger partial charge in [-0.2, -0.15) is 5.10 Å². The van der Waals surface area contributed by atoms with Gasteiger partial charge in [0, 0.05) is 49.9 Å². The molecule has 0 radical (unpaired) electrons. The Bertz CT molecular complexity index is 843. The first kappa shape index (κ1) is 18.3. The molecular formula is C17H27N5O2S. The van der Waals surface area contributed by atoms with Gasteiger partial charge in [-0.15, -0.1) is 0 Å². The second kappa shape index (κ2) is 6.66. The molecule has 2 atom stereocenters. The molecule has 0 spiro atoms. The van der Waals surface area contributed by atoms with Gasteiger partial charge in [-0.1, -0.05) is 13.8 Å². The number of rotatable bonds is 5. The van der Waals surface area contributed by atoms with Crippen LogP contribution >= 0.6 is 0 Å². The zero-order chi connectivity index (χ0) is 18.4. The van der Waals surface area contributed by atoms with Crippen LogP contribution in [0.4, 0.5) is 0 Å². The van der Waals surface area contributed by atoms with Gasteiger partial charge in [-0.05, 0) is 25.9 Å². The summed E-state index contributed by atoms with van der Waals surface area (Å²) in [5.41, 5.74) is 1.43. The predicted molar refractivity (Wildman–Crippen MR) is 97.2 cm³/mol. The molecule has 1 aliphatic rings. The lowest BCUT2D eigenvalue weighted by molar-refractivity contribution is 0.215. The summed E-state index contributed by atoms with van der Waals surface area (Å²) in [6, 6.07) is 0.554. The van der Waals surface area contributed by atoms with E-state index < -0.39 is 9.84 Å². The van der Waals surface area contributed by atoms with Crippen LogP contribution in [-0.2, 0) is 16.4 Å². The lowest BCUT2D eigenvalue weighted by Crippen LogP contribution is -2.37. The number of aromatic nitrogens is 3. The Hall–Kier alpha value is -1.51. The van der Waals surface area contributed by atoms with E-state index in [2.05, 4.69) is 47.8 Å². The molecule has 0 unspecified atom stereocenters. The quantitative estimate of drug-likeness (QED) is 0.792. The smallest absolute Gasteiger partial charge is 0.180 e. The summed E-state index contributed by atoms with van der Waals surface area (Å²) in [7, 11) is 0.976. The molecule has 7 nitrogen and oxygen atoms in total. The Labute approximate surface area is 149 Å². The molecule has 1 aliphatic heterocycles. The normalized spacial score (nSPS) is 22.5. The highest BCUT2D eigenvalue weighted by molar-refractivity contribution is 7.90. The fourth-order valence-electron chi connectivity index (χ4n) is 3.72. The largest absolute Gasteiger partial charge is 0.305 e. The average molecular weight is 366 g/mol. The number of sulfone groups is 1. The van der Waals surface area contributed by atoms with Crippen molar-refractivity contribution in [3.05, 3.63) is 24.2 Å². The van der Waals surface area contributed by atoms with E-state index in [9.17, 15) is 8.42 Å². The van der Waals surface area contributed by atoms with E-state index >= 15 is 0 Å².